The van der Waals surface area contributed by atoms with Crippen molar-refractivity contribution in [1.29, 1.82) is 0 Å². The fraction of sp³-hybridized carbons (Fsp3) is 0.111. The van der Waals surface area contributed by atoms with E-state index in [0.717, 1.165) is 10.6 Å². The highest BCUT2D eigenvalue weighted by Gasteiger charge is 2.10. The van der Waals surface area contributed by atoms with E-state index in [-0.39, 0.29) is 6.54 Å². The van der Waals surface area contributed by atoms with Crippen LogP contribution in [0.25, 0.3) is 0 Å². The van der Waals surface area contributed by atoms with Crippen molar-refractivity contribution in [3.8, 4) is 0 Å². The van der Waals surface area contributed by atoms with Gasteiger partial charge in [0.25, 0.3) is 0 Å². The number of hydrogen-bond acceptors (Lipinski definition) is 3. The number of carbonyl (C=O) groups is 2. The van der Waals surface area contributed by atoms with E-state index in [9.17, 15) is 9.59 Å². The summed E-state index contributed by atoms with van der Waals surface area (Å²) in [4.78, 5) is 21.4. The van der Waals surface area contributed by atoms with E-state index in [2.05, 4.69) is 5.43 Å². The average Bonchev–Trinajstić information content (AvgIpc) is 2.29. The minimum atomic E-state index is -0.578. The van der Waals surface area contributed by atoms with E-state index in [4.69, 9.17) is 5.84 Å². The lowest BCUT2D eigenvalue weighted by molar-refractivity contribution is -0.112. The van der Waals surface area contributed by atoms with Crippen LogP contribution in [-0.2, 0) is 11.3 Å². The van der Waals surface area contributed by atoms with Crippen LogP contribution in [0.5, 0.6) is 0 Å². The largest absolute Gasteiger partial charge is 0.350 e. The molecule has 0 saturated carbocycles. The molecule has 0 spiro atoms. The van der Waals surface area contributed by atoms with Gasteiger partial charge in [0.15, 0.2) is 0 Å². The third kappa shape index (κ3) is 3.28. The number of nitrogens with two attached hydrogens (primary N) is 1. The molecular weight excluding hydrogens is 196 g/mol. The van der Waals surface area contributed by atoms with Crippen molar-refractivity contribution in [3.05, 3.63) is 35.9 Å². The summed E-state index contributed by atoms with van der Waals surface area (Å²) in [6.45, 7) is 0.253. The smallest absolute Gasteiger partial charge is 0.277 e. The lowest BCUT2D eigenvalue weighted by Crippen LogP contribution is -2.49. The molecule has 0 atom stereocenters. The number of nitrogens with zero attached hydrogens (tertiary/aromatic N) is 1. The molecular formula is C9H12N4O2. The lowest BCUT2D eigenvalue weighted by atomic mass is 10.2. The Bertz CT molecular complexity index is 328. The Labute approximate surface area is 87.0 Å². The summed E-state index contributed by atoms with van der Waals surface area (Å²) in [6.07, 6.45) is 0.415. The molecule has 0 unspecified atom stereocenters. The molecule has 0 aliphatic rings. The third-order valence-corrected chi connectivity index (χ3v) is 1.76. The van der Waals surface area contributed by atoms with Gasteiger partial charge < -0.3 is 0 Å². The number of urea groups is 1. The first-order chi connectivity index (χ1) is 7.27. The molecule has 0 bridgehead atoms. The van der Waals surface area contributed by atoms with Crippen LogP contribution < -0.4 is 16.7 Å². The minimum absolute atomic E-state index is 0.253. The SMILES string of the molecule is NNC(=O)N(Cc1ccccc1)NC=O. The standard InChI is InChI=1S/C9H12N4O2/c10-12-9(15)13(11-7-14)6-8-4-2-1-3-5-8/h1-5,7H,6,10H2,(H,11,14)(H,12,15). The Morgan fingerprint density at radius 1 is 1.40 bits per heavy atom. The molecule has 1 aromatic rings. The zero-order chi connectivity index (χ0) is 11.1. The molecule has 3 amide bonds. The van der Waals surface area contributed by atoms with Crippen LogP contribution in [0.3, 0.4) is 0 Å². The molecule has 6 nitrogen and oxygen atoms in total. The van der Waals surface area contributed by atoms with Gasteiger partial charge in [-0.3, -0.25) is 15.6 Å². The Balaban J connectivity index is 2.66. The maximum absolute atomic E-state index is 11.2. The Hall–Kier alpha value is -2.08. The normalized spacial score (nSPS) is 9.13. The number of hydrogen-bond donors (Lipinski definition) is 3. The van der Waals surface area contributed by atoms with Crippen LogP contribution in [0, 0.1) is 0 Å². The van der Waals surface area contributed by atoms with Gasteiger partial charge in [-0.25, -0.2) is 15.6 Å². The lowest BCUT2D eigenvalue weighted by Gasteiger charge is -2.19. The second kappa shape index (κ2) is 5.61. The average molecular weight is 208 g/mol. The Morgan fingerprint density at radius 2 is 2.07 bits per heavy atom. The van der Waals surface area contributed by atoms with E-state index in [1.165, 1.54) is 0 Å². The van der Waals surface area contributed by atoms with Crippen molar-refractivity contribution in [1.82, 2.24) is 15.9 Å². The van der Waals surface area contributed by atoms with Crippen LogP contribution >= 0.6 is 0 Å². The monoisotopic (exact) mass is 208 g/mol. The maximum atomic E-state index is 11.2. The van der Waals surface area contributed by atoms with Crippen molar-refractivity contribution < 1.29 is 9.59 Å². The molecule has 80 valence electrons. The van der Waals surface area contributed by atoms with Crippen LogP contribution in [0.15, 0.2) is 30.3 Å². The first kappa shape index (κ1) is 11.0. The highest BCUT2D eigenvalue weighted by atomic mass is 16.2. The van der Waals surface area contributed by atoms with Gasteiger partial charge in [-0.05, 0) is 5.56 Å². The molecule has 0 aromatic heterocycles. The first-order valence-corrected chi connectivity index (χ1v) is 4.29. The van der Waals surface area contributed by atoms with Crippen LogP contribution in [0.2, 0.25) is 0 Å². The molecule has 1 aromatic carbocycles. The summed E-state index contributed by atoms with van der Waals surface area (Å²) in [6, 6.07) is 8.64. The summed E-state index contributed by atoms with van der Waals surface area (Å²) in [5.74, 6) is 4.96. The van der Waals surface area contributed by atoms with Crippen molar-refractivity contribution in [2.75, 3.05) is 0 Å². The molecule has 4 N–H and O–H groups in total. The van der Waals surface area contributed by atoms with Gasteiger partial charge in [-0.15, -0.1) is 0 Å². The van der Waals surface area contributed by atoms with Crippen molar-refractivity contribution in [2.24, 2.45) is 5.84 Å². The molecule has 0 saturated heterocycles. The van der Waals surface area contributed by atoms with E-state index in [1.807, 2.05) is 35.8 Å². The fourth-order valence-corrected chi connectivity index (χ4v) is 1.08. The van der Waals surface area contributed by atoms with E-state index >= 15 is 0 Å². The number of benzene rings is 1. The zero-order valence-electron chi connectivity index (χ0n) is 8.01. The van der Waals surface area contributed by atoms with Gasteiger partial charge in [0.1, 0.15) is 0 Å². The van der Waals surface area contributed by atoms with Gasteiger partial charge in [0.2, 0.25) is 6.41 Å². The van der Waals surface area contributed by atoms with E-state index < -0.39 is 6.03 Å². The first-order valence-electron chi connectivity index (χ1n) is 4.29. The van der Waals surface area contributed by atoms with Gasteiger partial charge in [0, 0.05) is 0 Å². The summed E-state index contributed by atoms with van der Waals surface area (Å²) in [5.41, 5.74) is 5.06. The van der Waals surface area contributed by atoms with E-state index in [0.29, 0.717) is 6.41 Å². The maximum Gasteiger partial charge on any atom is 0.350 e. The molecule has 0 fully saturated rings. The summed E-state index contributed by atoms with van der Waals surface area (Å²) >= 11 is 0. The summed E-state index contributed by atoms with van der Waals surface area (Å²) < 4.78 is 0. The third-order valence-electron chi connectivity index (χ3n) is 1.76. The van der Waals surface area contributed by atoms with Crippen LogP contribution in [-0.4, -0.2) is 17.5 Å². The highest BCUT2D eigenvalue weighted by Crippen LogP contribution is 2.01. The van der Waals surface area contributed by atoms with Crippen molar-refractivity contribution in [2.45, 2.75) is 6.54 Å². The fourth-order valence-electron chi connectivity index (χ4n) is 1.08. The van der Waals surface area contributed by atoms with Gasteiger partial charge >= 0.3 is 6.03 Å². The molecule has 0 aliphatic heterocycles. The van der Waals surface area contributed by atoms with Crippen molar-refractivity contribution in [3.63, 3.8) is 0 Å². The van der Waals surface area contributed by atoms with Crippen LogP contribution in [0.1, 0.15) is 5.56 Å². The van der Waals surface area contributed by atoms with Crippen molar-refractivity contribution >= 4 is 12.4 Å². The van der Waals surface area contributed by atoms with Gasteiger partial charge in [-0.1, -0.05) is 30.3 Å². The second-order valence-electron chi connectivity index (χ2n) is 2.77. The molecule has 15 heavy (non-hydrogen) atoms. The quantitative estimate of drug-likeness (QED) is 0.275. The number of rotatable bonds is 4. The topological polar surface area (TPSA) is 87.5 Å². The molecule has 1 rings (SSSR count). The number of nitrogens with one attached hydrogen (secondary N) is 2. The predicted molar refractivity (Wildman–Crippen MR) is 53.9 cm³/mol. The second-order valence-corrected chi connectivity index (χ2v) is 2.77. The Morgan fingerprint density at radius 3 is 2.60 bits per heavy atom. The summed E-state index contributed by atoms with van der Waals surface area (Å²) in [7, 11) is 0. The molecule has 0 heterocycles. The van der Waals surface area contributed by atoms with Crippen LogP contribution in [0.4, 0.5) is 4.79 Å². The molecule has 0 radical (unpaired) electrons. The van der Waals surface area contributed by atoms with Gasteiger partial charge in [-0.2, -0.15) is 0 Å². The predicted octanol–water partition coefficient (Wildman–Crippen LogP) is -0.267. The number of carbonyl (C=O) groups excluding carboxylic acids is 2. The Kier molecular flexibility index (Phi) is 4.11. The summed E-state index contributed by atoms with van der Waals surface area (Å²) in [5, 5.41) is 1.07. The number of amides is 3. The number of hydrazine groups is 2. The highest BCUT2D eigenvalue weighted by molar-refractivity contribution is 5.74. The minimum Gasteiger partial charge on any atom is -0.277 e. The molecule has 6 heteroatoms. The van der Waals surface area contributed by atoms with Gasteiger partial charge in [0.05, 0.1) is 6.54 Å². The van der Waals surface area contributed by atoms with E-state index in [1.54, 1.807) is 0 Å². The molecule has 0 aliphatic carbocycles. The zero-order valence-corrected chi connectivity index (χ0v) is 8.01.